The molecule has 0 bridgehead atoms. The van der Waals surface area contributed by atoms with Crippen molar-refractivity contribution in [1.82, 2.24) is 9.03 Å². The molecule has 1 fully saturated rings. The van der Waals surface area contributed by atoms with Gasteiger partial charge in [-0.2, -0.15) is 12.7 Å². The van der Waals surface area contributed by atoms with Gasteiger partial charge in [-0.3, -0.25) is 0 Å². The largest absolute Gasteiger partial charge is 0.330 e. The van der Waals surface area contributed by atoms with E-state index in [0.29, 0.717) is 26.2 Å². The fraction of sp³-hybridized carbons (Fsp3) is 1.00. The lowest BCUT2D eigenvalue weighted by Gasteiger charge is -2.29. The molecule has 0 atom stereocenters. The van der Waals surface area contributed by atoms with Crippen LogP contribution in [0.4, 0.5) is 0 Å². The summed E-state index contributed by atoms with van der Waals surface area (Å²) in [7, 11) is -3.33. The summed E-state index contributed by atoms with van der Waals surface area (Å²) in [5.74, 6) is 0. The molecule has 17 heavy (non-hydrogen) atoms. The predicted molar refractivity (Wildman–Crippen MR) is 69.8 cm³/mol. The maximum absolute atomic E-state index is 12.0. The van der Waals surface area contributed by atoms with Crippen molar-refractivity contribution in [2.24, 2.45) is 11.1 Å². The lowest BCUT2D eigenvalue weighted by atomic mass is 9.87. The Hall–Kier alpha value is -0.170. The quantitative estimate of drug-likeness (QED) is 0.709. The summed E-state index contributed by atoms with van der Waals surface area (Å²) in [6.45, 7) is 5.73. The molecule has 3 N–H and O–H groups in total. The standard InChI is InChI=1S/C11H25N3O2S/c1-3-14(4-2)17(15,16)13-10-11(9-12)7-5-6-8-11/h13H,3-10,12H2,1-2H3. The number of rotatable bonds is 7. The van der Waals surface area contributed by atoms with Crippen molar-refractivity contribution < 1.29 is 8.42 Å². The lowest BCUT2D eigenvalue weighted by molar-refractivity contribution is 0.304. The van der Waals surface area contributed by atoms with Gasteiger partial charge in [0, 0.05) is 19.6 Å². The van der Waals surface area contributed by atoms with E-state index < -0.39 is 10.2 Å². The van der Waals surface area contributed by atoms with Crippen LogP contribution in [0, 0.1) is 5.41 Å². The van der Waals surface area contributed by atoms with Gasteiger partial charge in [0.15, 0.2) is 0 Å². The molecular formula is C11H25N3O2S. The van der Waals surface area contributed by atoms with Crippen LogP contribution in [-0.4, -0.2) is 38.9 Å². The van der Waals surface area contributed by atoms with Crippen LogP contribution in [0.2, 0.25) is 0 Å². The lowest BCUT2D eigenvalue weighted by Crippen LogP contribution is -2.46. The molecule has 0 heterocycles. The highest BCUT2D eigenvalue weighted by molar-refractivity contribution is 7.87. The Balaban J connectivity index is 2.59. The average Bonchev–Trinajstić information content (AvgIpc) is 2.77. The summed E-state index contributed by atoms with van der Waals surface area (Å²) in [5.41, 5.74) is 5.78. The van der Waals surface area contributed by atoms with Crippen molar-refractivity contribution in [3.8, 4) is 0 Å². The van der Waals surface area contributed by atoms with E-state index in [1.807, 2.05) is 13.8 Å². The van der Waals surface area contributed by atoms with Crippen LogP contribution in [0.25, 0.3) is 0 Å². The van der Waals surface area contributed by atoms with Crippen molar-refractivity contribution in [1.29, 1.82) is 0 Å². The van der Waals surface area contributed by atoms with Crippen molar-refractivity contribution in [3.05, 3.63) is 0 Å². The normalized spacial score (nSPS) is 20.0. The van der Waals surface area contributed by atoms with Crippen LogP contribution < -0.4 is 10.5 Å². The predicted octanol–water partition coefficient (Wildman–Crippen LogP) is 0.682. The Kier molecular flexibility index (Phi) is 5.37. The highest BCUT2D eigenvalue weighted by Gasteiger charge is 2.34. The molecule has 0 unspecified atom stereocenters. The summed E-state index contributed by atoms with van der Waals surface area (Å²) in [5, 5.41) is 0. The van der Waals surface area contributed by atoms with E-state index in [2.05, 4.69) is 4.72 Å². The van der Waals surface area contributed by atoms with Gasteiger partial charge < -0.3 is 5.73 Å². The number of hydrogen-bond donors (Lipinski definition) is 2. The fourth-order valence-corrected chi connectivity index (χ4v) is 3.83. The Labute approximate surface area is 105 Å². The van der Waals surface area contributed by atoms with Gasteiger partial charge in [0.1, 0.15) is 0 Å². The first-order valence-corrected chi connectivity index (χ1v) is 7.88. The Morgan fingerprint density at radius 3 is 2.18 bits per heavy atom. The zero-order valence-electron chi connectivity index (χ0n) is 10.9. The summed E-state index contributed by atoms with van der Waals surface area (Å²) in [4.78, 5) is 0. The Bertz CT molecular complexity index is 320. The molecule has 0 aliphatic heterocycles. The monoisotopic (exact) mass is 263 g/mol. The van der Waals surface area contributed by atoms with E-state index in [0.717, 1.165) is 25.7 Å². The molecule has 1 aliphatic carbocycles. The van der Waals surface area contributed by atoms with Crippen LogP contribution in [0.3, 0.4) is 0 Å². The third-order valence-electron chi connectivity index (χ3n) is 3.77. The third kappa shape index (κ3) is 3.64. The molecule has 1 aliphatic rings. The first-order chi connectivity index (χ1) is 7.99. The molecule has 0 amide bonds. The van der Waals surface area contributed by atoms with E-state index >= 15 is 0 Å². The summed E-state index contributed by atoms with van der Waals surface area (Å²) < 4.78 is 28.1. The second-order valence-corrected chi connectivity index (χ2v) is 6.58. The molecule has 0 aromatic heterocycles. The minimum atomic E-state index is -3.33. The van der Waals surface area contributed by atoms with E-state index in [1.165, 1.54) is 4.31 Å². The SMILES string of the molecule is CCN(CC)S(=O)(=O)NCC1(CN)CCCC1. The Morgan fingerprint density at radius 2 is 1.76 bits per heavy atom. The second-order valence-electron chi connectivity index (χ2n) is 4.82. The minimum Gasteiger partial charge on any atom is -0.330 e. The number of nitrogens with one attached hydrogen (secondary N) is 1. The first-order valence-electron chi connectivity index (χ1n) is 6.44. The van der Waals surface area contributed by atoms with Gasteiger partial charge in [-0.25, -0.2) is 4.72 Å². The third-order valence-corrected chi connectivity index (χ3v) is 5.48. The minimum absolute atomic E-state index is 0.0137. The number of hydrogen-bond acceptors (Lipinski definition) is 3. The summed E-state index contributed by atoms with van der Waals surface area (Å²) in [6, 6.07) is 0. The molecule has 6 heteroatoms. The van der Waals surface area contributed by atoms with Crippen molar-refractivity contribution in [2.75, 3.05) is 26.2 Å². The summed E-state index contributed by atoms with van der Waals surface area (Å²) >= 11 is 0. The fourth-order valence-electron chi connectivity index (χ4n) is 2.48. The summed E-state index contributed by atoms with van der Waals surface area (Å²) in [6.07, 6.45) is 4.38. The van der Waals surface area contributed by atoms with Gasteiger partial charge in [0.2, 0.25) is 0 Å². The van der Waals surface area contributed by atoms with Crippen molar-refractivity contribution in [2.45, 2.75) is 39.5 Å². The average molecular weight is 263 g/mol. The second kappa shape index (κ2) is 6.13. The molecular weight excluding hydrogens is 238 g/mol. The molecule has 0 spiro atoms. The molecule has 0 aromatic rings. The van der Waals surface area contributed by atoms with Gasteiger partial charge in [-0.05, 0) is 24.8 Å². The van der Waals surface area contributed by atoms with E-state index in [9.17, 15) is 8.42 Å². The molecule has 0 aromatic carbocycles. The van der Waals surface area contributed by atoms with Gasteiger partial charge in [0.05, 0.1) is 0 Å². The maximum Gasteiger partial charge on any atom is 0.279 e. The van der Waals surface area contributed by atoms with Crippen molar-refractivity contribution in [3.63, 3.8) is 0 Å². The molecule has 5 nitrogen and oxygen atoms in total. The highest BCUT2D eigenvalue weighted by atomic mass is 32.2. The van der Waals surface area contributed by atoms with Crippen LogP contribution >= 0.6 is 0 Å². The van der Waals surface area contributed by atoms with Crippen molar-refractivity contribution >= 4 is 10.2 Å². The van der Waals surface area contributed by atoms with Gasteiger partial charge in [-0.15, -0.1) is 0 Å². The molecule has 1 rings (SSSR count). The number of nitrogens with zero attached hydrogens (tertiary/aromatic N) is 1. The number of nitrogens with two attached hydrogens (primary N) is 1. The molecule has 0 saturated heterocycles. The zero-order chi connectivity index (χ0) is 12.9. The highest BCUT2D eigenvalue weighted by Crippen LogP contribution is 2.36. The topological polar surface area (TPSA) is 75.4 Å². The van der Waals surface area contributed by atoms with Crippen LogP contribution in [0.1, 0.15) is 39.5 Å². The van der Waals surface area contributed by atoms with Gasteiger partial charge in [-0.1, -0.05) is 26.7 Å². The van der Waals surface area contributed by atoms with Gasteiger partial charge in [0.25, 0.3) is 10.2 Å². The maximum atomic E-state index is 12.0. The van der Waals surface area contributed by atoms with E-state index in [1.54, 1.807) is 0 Å². The van der Waals surface area contributed by atoms with Crippen LogP contribution in [0.15, 0.2) is 0 Å². The van der Waals surface area contributed by atoms with Crippen LogP contribution in [-0.2, 0) is 10.2 Å². The van der Waals surface area contributed by atoms with E-state index in [-0.39, 0.29) is 5.41 Å². The van der Waals surface area contributed by atoms with E-state index in [4.69, 9.17) is 5.73 Å². The Morgan fingerprint density at radius 1 is 1.24 bits per heavy atom. The molecule has 0 radical (unpaired) electrons. The smallest absolute Gasteiger partial charge is 0.279 e. The van der Waals surface area contributed by atoms with Gasteiger partial charge >= 0.3 is 0 Å². The molecule has 102 valence electrons. The van der Waals surface area contributed by atoms with Crippen LogP contribution in [0.5, 0.6) is 0 Å². The first kappa shape index (κ1) is 14.9. The zero-order valence-corrected chi connectivity index (χ0v) is 11.7. The molecule has 1 saturated carbocycles.